The summed E-state index contributed by atoms with van der Waals surface area (Å²) in [5.74, 6) is 0.971. The first-order chi connectivity index (χ1) is 9.70. The fraction of sp³-hybridized carbons (Fsp3) is 0.154. The fourth-order valence-corrected chi connectivity index (χ4v) is 1.93. The summed E-state index contributed by atoms with van der Waals surface area (Å²) in [6.45, 7) is 0.431. The summed E-state index contributed by atoms with van der Waals surface area (Å²) in [6, 6.07) is 9.27. The molecule has 3 rings (SSSR count). The van der Waals surface area contributed by atoms with Gasteiger partial charge in [-0.05, 0) is 24.3 Å². The molecule has 0 aliphatic rings. The Kier molecular flexibility index (Phi) is 3.39. The molecule has 2 aromatic heterocycles. The summed E-state index contributed by atoms with van der Waals surface area (Å²) in [5.41, 5.74) is 1.58. The molecule has 0 bridgehead atoms. The Balaban J connectivity index is 1.68. The molecule has 0 saturated carbocycles. The van der Waals surface area contributed by atoms with Crippen LogP contribution in [0.3, 0.4) is 0 Å². The first-order valence-electron chi connectivity index (χ1n) is 6.03. The molecule has 0 unspecified atom stereocenters. The van der Waals surface area contributed by atoms with Gasteiger partial charge in [-0.15, -0.1) is 0 Å². The van der Waals surface area contributed by atoms with Crippen molar-refractivity contribution in [1.29, 1.82) is 0 Å². The number of nitrogens with one attached hydrogen (secondary N) is 1. The molecular weight excluding hydrogens is 278 g/mol. The minimum absolute atomic E-state index is 0.431. The smallest absolute Gasteiger partial charge is 0.246 e. The summed E-state index contributed by atoms with van der Waals surface area (Å²) in [7, 11) is 1.84. The summed E-state index contributed by atoms with van der Waals surface area (Å²) < 4.78 is 6.86. The number of halogens is 1. The average Bonchev–Trinajstić information content (AvgIpc) is 3.05. The minimum atomic E-state index is 0.431. The van der Waals surface area contributed by atoms with E-state index in [1.54, 1.807) is 4.68 Å². The number of aromatic nitrogens is 4. The van der Waals surface area contributed by atoms with Crippen LogP contribution in [0.2, 0.25) is 5.02 Å². The van der Waals surface area contributed by atoms with Gasteiger partial charge in [0.05, 0.1) is 6.54 Å². The lowest BCUT2D eigenvalue weighted by atomic mass is 10.3. The Hall–Kier alpha value is -2.34. The van der Waals surface area contributed by atoms with Gasteiger partial charge >= 0.3 is 0 Å². The molecule has 1 N–H and O–H groups in total. The number of nitrogens with zero attached hydrogens (tertiary/aromatic N) is 4. The van der Waals surface area contributed by atoms with E-state index in [9.17, 15) is 0 Å². The Morgan fingerprint density at radius 2 is 2.25 bits per heavy atom. The molecule has 0 fully saturated rings. The van der Waals surface area contributed by atoms with Crippen LogP contribution in [0.5, 0.6) is 0 Å². The van der Waals surface area contributed by atoms with Gasteiger partial charge in [0.2, 0.25) is 11.7 Å². The predicted octanol–water partition coefficient (Wildman–Crippen LogP) is 2.74. The SMILES string of the molecule is Cn1ccc(-c2noc(CNc3cccc(Cl)c3)n2)n1. The molecule has 0 amide bonds. The van der Waals surface area contributed by atoms with Gasteiger partial charge in [-0.1, -0.05) is 22.8 Å². The van der Waals surface area contributed by atoms with E-state index in [0.29, 0.717) is 29.0 Å². The number of anilines is 1. The number of rotatable bonds is 4. The Labute approximate surface area is 120 Å². The number of hydrogen-bond donors (Lipinski definition) is 1. The predicted molar refractivity (Wildman–Crippen MR) is 75.3 cm³/mol. The van der Waals surface area contributed by atoms with E-state index >= 15 is 0 Å². The molecule has 0 spiro atoms. The average molecular weight is 290 g/mol. The number of hydrogen-bond acceptors (Lipinski definition) is 5. The second-order valence-corrected chi connectivity index (χ2v) is 4.69. The Bertz CT molecular complexity index is 721. The first-order valence-corrected chi connectivity index (χ1v) is 6.40. The van der Waals surface area contributed by atoms with E-state index in [0.717, 1.165) is 5.69 Å². The zero-order valence-electron chi connectivity index (χ0n) is 10.7. The first kappa shape index (κ1) is 12.7. The van der Waals surface area contributed by atoms with Gasteiger partial charge in [-0.25, -0.2) is 0 Å². The van der Waals surface area contributed by atoms with Gasteiger partial charge in [-0.2, -0.15) is 10.1 Å². The van der Waals surface area contributed by atoms with Crippen molar-refractivity contribution in [1.82, 2.24) is 19.9 Å². The lowest BCUT2D eigenvalue weighted by molar-refractivity contribution is 0.384. The number of benzene rings is 1. The van der Waals surface area contributed by atoms with Crippen LogP contribution in [0.15, 0.2) is 41.1 Å². The van der Waals surface area contributed by atoms with E-state index in [1.165, 1.54) is 0 Å². The lowest BCUT2D eigenvalue weighted by Gasteiger charge is -2.02. The van der Waals surface area contributed by atoms with Gasteiger partial charge in [0.25, 0.3) is 0 Å². The van der Waals surface area contributed by atoms with Gasteiger partial charge in [-0.3, -0.25) is 4.68 Å². The maximum atomic E-state index is 5.91. The molecule has 6 nitrogen and oxygen atoms in total. The maximum Gasteiger partial charge on any atom is 0.246 e. The zero-order valence-corrected chi connectivity index (χ0v) is 11.5. The highest BCUT2D eigenvalue weighted by molar-refractivity contribution is 6.30. The van der Waals surface area contributed by atoms with E-state index < -0.39 is 0 Å². The molecule has 0 radical (unpaired) electrons. The lowest BCUT2D eigenvalue weighted by Crippen LogP contribution is -1.99. The second-order valence-electron chi connectivity index (χ2n) is 4.25. The Morgan fingerprint density at radius 1 is 1.35 bits per heavy atom. The van der Waals surface area contributed by atoms with Gasteiger partial charge in [0, 0.05) is 24.0 Å². The van der Waals surface area contributed by atoms with Gasteiger partial charge in [0.15, 0.2) is 0 Å². The van der Waals surface area contributed by atoms with Crippen molar-refractivity contribution in [2.75, 3.05) is 5.32 Å². The van der Waals surface area contributed by atoms with E-state index in [1.807, 2.05) is 43.6 Å². The molecular formula is C13H12ClN5O. The van der Waals surface area contributed by atoms with E-state index in [2.05, 4.69) is 20.6 Å². The van der Waals surface area contributed by atoms with Crippen LogP contribution in [0.25, 0.3) is 11.5 Å². The summed E-state index contributed by atoms with van der Waals surface area (Å²) >= 11 is 5.91. The van der Waals surface area contributed by atoms with Crippen LogP contribution in [-0.4, -0.2) is 19.9 Å². The van der Waals surface area contributed by atoms with Crippen molar-refractivity contribution in [2.45, 2.75) is 6.54 Å². The van der Waals surface area contributed by atoms with Crippen LogP contribution in [0.1, 0.15) is 5.89 Å². The molecule has 20 heavy (non-hydrogen) atoms. The molecule has 2 heterocycles. The molecule has 0 aliphatic carbocycles. The highest BCUT2D eigenvalue weighted by atomic mass is 35.5. The van der Waals surface area contributed by atoms with Crippen LogP contribution in [0.4, 0.5) is 5.69 Å². The third-order valence-corrected chi connectivity index (χ3v) is 2.91. The van der Waals surface area contributed by atoms with Crippen molar-refractivity contribution in [3.63, 3.8) is 0 Å². The van der Waals surface area contributed by atoms with Crippen molar-refractivity contribution < 1.29 is 4.52 Å². The monoisotopic (exact) mass is 289 g/mol. The number of aryl methyl sites for hydroxylation is 1. The molecule has 0 atom stereocenters. The quantitative estimate of drug-likeness (QED) is 0.800. The molecule has 1 aromatic carbocycles. The fourth-order valence-electron chi connectivity index (χ4n) is 1.74. The highest BCUT2D eigenvalue weighted by Crippen LogP contribution is 2.16. The largest absolute Gasteiger partial charge is 0.376 e. The van der Waals surface area contributed by atoms with Crippen molar-refractivity contribution in [2.24, 2.45) is 7.05 Å². The highest BCUT2D eigenvalue weighted by Gasteiger charge is 2.10. The topological polar surface area (TPSA) is 68.8 Å². The van der Waals surface area contributed by atoms with E-state index in [-0.39, 0.29) is 0 Å². The Morgan fingerprint density at radius 3 is 3.00 bits per heavy atom. The summed E-state index contributed by atoms with van der Waals surface area (Å²) in [4.78, 5) is 4.28. The van der Waals surface area contributed by atoms with Gasteiger partial charge < -0.3 is 9.84 Å². The van der Waals surface area contributed by atoms with Crippen LogP contribution in [-0.2, 0) is 13.6 Å². The molecule has 0 saturated heterocycles. The standard InChI is InChI=1S/C13H12ClN5O/c1-19-6-5-11(17-19)13-16-12(20-18-13)8-15-10-4-2-3-9(14)7-10/h2-7,15H,8H2,1H3. The summed E-state index contributed by atoms with van der Waals surface area (Å²) in [6.07, 6.45) is 1.83. The molecule has 102 valence electrons. The van der Waals surface area contributed by atoms with Crippen molar-refractivity contribution >= 4 is 17.3 Å². The maximum absolute atomic E-state index is 5.91. The van der Waals surface area contributed by atoms with Crippen LogP contribution >= 0.6 is 11.6 Å². The molecule has 0 aliphatic heterocycles. The van der Waals surface area contributed by atoms with Crippen molar-refractivity contribution in [3.8, 4) is 11.5 Å². The van der Waals surface area contributed by atoms with Gasteiger partial charge in [0.1, 0.15) is 5.69 Å². The third-order valence-electron chi connectivity index (χ3n) is 2.68. The van der Waals surface area contributed by atoms with Crippen LogP contribution in [0, 0.1) is 0 Å². The third kappa shape index (κ3) is 2.80. The summed E-state index contributed by atoms with van der Waals surface area (Å²) in [5, 5.41) is 12.0. The van der Waals surface area contributed by atoms with E-state index in [4.69, 9.17) is 16.1 Å². The van der Waals surface area contributed by atoms with Crippen LogP contribution < -0.4 is 5.32 Å². The molecule has 7 heteroatoms. The molecule has 3 aromatic rings. The van der Waals surface area contributed by atoms with Crippen molar-refractivity contribution in [3.05, 3.63) is 47.4 Å². The zero-order chi connectivity index (χ0) is 13.9. The second kappa shape index (κ2) is 5.34. The normalized spacial score (nSPS) is 10.7. The minimum Gasteiger partial charge on any atom is -0.376 e.